The topological polar surface area (TPSA) is 81.4 Å². The number of benzene rings is 1. The second kappa shape index (κ2) is 5.48. The zero-order chi connectivity index (χ0) is 14.0. The van der Waals surface area contributed by atoms with Gasteiger partial charge in [-0.2, -0.15) is 0 Å². The summed E-state index contributed by atoms with van der Waals surface area (Å²) in [6.45, 7) is 1.53. The highest BCUT2D eigenvalue weighted by Gasteiger charge is 2.27. The number of hydrogen-bond donors (Lipinski definition) is 2. The van der Waals surface area contributed by atoms with E-state index in [4.69, 9.17) is 22.1 Å². The van der Waals surface area contributed by atoms with Crippen LogP contribution in [0.25, 0.3) is 0 Å². The molecule has 1 atom stereocenters. The van der Waals surface area contributed by atoms with Crippen LogP contribution in [0.4, 0.5) is 5.69 Å². The van der Waals surface area contributed by atoms with E-state index in [1.165, 1.54) is 25.1 Å². The van der Waals surface area contributed by atoms with E-state index >= 15 is 0 Å². The lowest BCUT2D eigenvalue weighted by atomic mass is 10.2. The Morgan fingerprint density at radius 3 is 2.68 bits per heavy atom. The van der Waals surface area contributed by atoms with Crippen LogP contribution in [0, 0.1) is 0 Å². The van der Waals surface area contributed by atoms with Crippen LogP contribution in [0.1, 0.15) is 30.1 Å². The molecule has 1 aliphatic rings. The largest absolute Gasteiger partial charge is 0.449 e. The van der Waals surface area contributed by atoms with Gasteiger partial charge in [-0.1, -0.05) is 11.6 Å². The number of nitrogens with one attached hydrogen (secondary N) is 1. The normalized spacial score (nSPS) is 15.7. The number of rotatable bonds is 4. The predicted octanol–water partition coefficient (Wildman–Crippen LogP) is 1.75. The zero-order valence-electron chi connectivity index (χ0n) is 10.5. The summed E-state index contributed by atoms with van der Waals surface area (Å²) in [6, 6.07) is 4.67. The quantitative estimate of drug-likeness (QED) is 0.651. The van der Waals surface area contributed by atoms with Crippen LogP contribution >= 0.6 is 11.6 Å². The number of ether oxygens (including phenoxy) is 1. The minimum absolute atomic E-state index is 0.232. The molecule has 1 saturated carbocycles. The molecule has 102 valence electrons. The number of halogens is 1. The molecule has 0 saturated heterocycles. The molecular weight excluding hydrogens is 268 g/mol. The Hall–Kier alpha value is -1.75. The molecule has 1 aromatic rings. The van der Waals surface area contributed by atoms with E-state index in [0.29, 0.717) is 10.7 Å². The third-order valence-electron chi connectivity index (χ3n) is 2.73. The standard InChI is InChI=1S/C13H15ClN2O3/c1-7(12(17)16-11-2-3-11)19-13(18)8-4-9(14)6-10(15)5-8/h4-7,11H,2-3,15H2,1H3,(H,16,17). The molecule has 0 bridgehead atoms. The minimum Gasteiger partial charge on any atom is -0.449 e. The van der Waals surface area contributed by atoms with Gasteiger partial charge >= 0.3 is 5.97 Å². The molecule has 0 heterocycles. The molecule has 1 aliphatic carbocycles. The summed E-state index contributed by atoms with van der Waals surface area (Å²) in [5.41, 5.74) is 6.19. The highest BCUT2D eigenvalue weighted by molar-refractivity contribution is 6.31. The number of esters is 1. The van der Waals surface area contributed by atoms with E-state index in [9.17, 15) is 9.59 Å². The maximum Gasteiger partial charge on any atom is 0.339 e. The first-order valence-electron chi connectivity index (χ1n) is 6.03. The maximum absolute atomic E-state index is 11.8. The summed E-state index contributed by atoms with van der Waals surface area (Å²) in [5.74, 6) is -0.904. The average molecular weight is 283 g/mol. The molecule has 2 rings (SSSR count). The number of amides is 1. The van der Waals surface area contributed by atoms with Crippen LogP contribution in [0.3, 0.4) is 0 Å². The molecule has 3 N–H and O–H groups in total. The van der Waals surface area contributed by atoms with Gasteiger partial charge in [-0.05, 0) is 38.0 Å². The molecule has 6 heteroatoms. The van der Waals surface area contributed by atoms with Crippen molar-refractivity contribution in [2.45, 2.75) is 31.9 Å². The van der Waals surface area contributed by atoms with Gasteiger partial charge in [0.1, 0.15) is 0 Å². The summed E-state index contributed by atoms with van der Waals surface area (Å²) in [4.78, 5) is 23.5. The van der Waals surface area contributed by atoms with Gasteiger partial charge in [0.25, 0.3) is 5.91 Å². The van der Waals surface area contributed by atoms with Gasteiger partial charge in [0.15, 0.2) is 6.10 Å². The summed E-state index contributed by atoms with van der Waals surface area (Å²) < 4.78 is 5.07. The van der Waals surface area contributed by atoms with Crippen molar-refractivity contribution in [1.29, 1.82) is 0 Å². The van der Waals surface area contributed by atoms with Gasteiger partial charge in [-0.25, -0.2) is 4.79 Å². The van der Waals surface area contributed by atoms with Crippen LogP contribution in [0.15, 0.2) is 18.2 Å². The van der Waals surface area contributed by atoms with E-state index in [2.05, 4.69) is 5.32 Å². The maximum atomic E-state index is 11.8. The van der Waals surface area contributed by atoms with Crippen molar-refractivity contribution >= 4 is 29.2 Å². The lowest BCUT2D eigenvalue weighted by molar-refractivity contribution is -0.129. The first-order valence-corrected chi connectivity index (χ1v) is 6.41. The molecular formula is C13H15ClN2O3. The zero-order valence-corrected chi connectivity index (χ0v) is 11.2. The van der Waals surface area contributed by atoms with Crippen molar-refractivity contribution in [3.05, 3.63) is 28.8 Å². The molecule has 1 aromatic carbocycles. The molecule has 1 unspecified atom stereocenters. The summed E-state index contributed by atoms with van der Waals surface area (Å²) in [6.07, 6.45) is 1.13. The Labute approximate surface area is 116 Å². The summed E-state index contributed by atoms with van der Waals surface area (Å²) in [7, 11) is 0. The fourth-order valence-electron chi connectivity index (χ4n) is 1.56. The lowest BCUT2D eigenvalue weighted by Crippen LogP contribution is -2.37. The second-order valence-electron chi connectivity index (χ2n) is 4.60. The smallest absolute Gasteiger partial charge is 0.339 e. The Balaban J connectivity index is 1.97. The van der Waals surface area contributed by atoms with Crippen molar-refractivity contribution in [2.24, 2.45) is 0 Å². The molecule has 0 aliphatic heterocycles. The SMILES string of the molecule is CC(OC(=O)c1cc(N)cc(Cl)c1)C(=O)NC1CC1. The first-order chi connectivity index (χ1) is 8.95. The van der Waals surface area contributed by atoms with Gasteiger partial charge in [0, 0.05) is 16.8 Å². The van der Waals surface area contributed by atoms with Crippen LogP contribution in [-0.4, -0.2) is 24.0 Å². The van der Waals surface area contributed by atoms with Crippen LogP contribution in [0.2, 0.25) is 5.02 Å². The van der Waals surface area contributed by atoms with Crippen LogP contribution in [-0.2, 0) is 9.53 Å². The molecule has 1 amide bonds. The van der Waals surface area contributed by atoms with E-state index in [1.807, 2.05) is 0 Å². The van der Waals surface area contributed by atoms with Crippen molar-refractivity contribution in [2.75, 3.05) is 5.73 Å². The van der Waals surface area contributed by atoms with Crippen LogP contribution < -0.4 is 11.1 Å². The summed E-state index contributed by atoms with van der Waals surface area (Å²) in [5, 5.41) is 3.12. The van der Waals surface area contributed by atoms with E-state index in [-0.39, 0.29) is 17.5 Å². The third kappa shape index (κ3) is 3.86. The van der Waals surface area contributed by atoms with Gasteiger partial charge in [0.2, 0.25) is 0 Å². The Morgan fingerprint density at radius 2 is 2.11 bits per heavy atom. The molecule has 5 nitrogen and oxygen atoms in total. The number of carbonyl (C=O) groups is 2. The number of nitrogens with two attached hydrogens (primary N) is 1. The Kier molecular flexibility index (Phi) is 3.95. The van der Waals surface area contributed by atoms with Gasteiger partial charge in [-0.15, -0.1) is 0 Å². The summed E-state index contributed by atoms with van der Waals surface area (Å²) >= 11 is 5.80. The second-order valence-corrected chi connectivity index (χ2v) is 5.04. The lowest BCUT2D eigenvalue weighted by Gasteiger charge is -2.13. The van der Waals surface area contributed by atoms with E-state index < -0.39 is 12.1 Å². The number of carbonyl (C=O) groups excluding carboxylic acids is 2. The van der Waals surface area contributed by atoms with Gasteiger partial charge in [-0.3, -0.25) is 4.79 Å². The fraction of sp³-hybridized carbons (Fsp3) is 0.385. The number of nitrogen functional groups attached to an aromatic ring is 1. The highest BCUT2D eigenvalue weighted by Crippen LogP contribution is 2.20. The van der Waals surface area contributed by atoms with E-state index in [0.717, 1.165) is 12.8 Å². The average Bonchev–Trinajstić information content (AvgIpc) is 3.11. The van der Waals surface area contributed by atoms with Gasteiger partial charge < -0.3 is 15.8 Å². The molecule has 0 spiro atoms. The van der Waals surface area contributed by atoms with Crippen molar-refractivity contribution in [3.8, 4) is 0 Å². The fourth-order valence-corrected chi connectivity index (χ4v) is 1.80. The number of hydrogen-bond acceptors (Lipinski definition) is 4. The van der Waals surface area contributed by atoms with Crippen molar-refractivity contribution in [1.82, 2.24) is 5.32 Å². The molecule has 19 heavy (non-hydrogen) atoms. The number of anilines is 1. The highest BCUT2D eigenvalue weighted by atomic mass is 35.5. The van der Waals surface area contributed by atoms with Crippen molar-refractivity contribution < 1.29 is 14.3 Å². The van der Waals surface area contributed by atoms with Crippen LogP contribution in [0.5, 0.6) is 0 Å². The molecule has 0 radical (unpaired) electrons. The Bertz CT molecular complexity index is 494. The Morgan fingerprint density at radius 1 is 1.42 bits per heavy atom. The van der Waals surface area contributed by atoms with Crippen molar-refractivity contribution in [3.63, 3.8) is 0 Å². The van der Waals surface area contributed by atoms with E-state index in [1.54, 1.807) is 0 Å². The monoisotopic (exact) mass is 282 g/mol. The molecule has 0 aromatic heterocycles. The minimum atomic E-state index is -0.840. The first kappa shape index (κ1) is 13.7. The molecule has 1 fully saturated rings. The third-order valence-corrected chi connectivity index (χ3v) is 2.95. The predicted molar refractivity (Wildman–Crippen MR) is 71.9 cm³/mol. The van der Waals surface area contributed by atoms with Gasteiger partial charge in [0.05, 0.1) is 5.56 Å².